The zero-order valence-corrected chi connectivity index (χ0v) is 15.6. The molecule has 1 atom stereocenters. The van der Waals surface area contributed by atoms with Gasteiger partial charge in [0.05, 0.1) is 5.92 Å². The molecule has 0 saturated carbocycles. The Hall–Kier alpha value is -0.900. The Balaban J connectivity index is -0.000000110. The van der Waals surface area contributed by atoms with Gasteiger partial charge in [-0.1, -0.05) is 60.8 Å². The molecule has 0 spiro atoms. The second-order valence-corrected chi connectivity index (χ2v) is 6.64. The summed E-state index contributed by atoms with van der Waals surface area (Å²) in [4.78, 5) is 19.7. The molecule has 0 unspecified atom stereocenters. The van der Waals surface area contributed by atoms with E-state index in [0.717, 1.165) is 32.8 Å². The molecule has 4 heteroatoms. The zero-order valence-electron chi connectivity index (χ0n) is 15.6. The molecule has 0 heterocycles. The summed E-state index contributed by atoms with van der Waals surface area (Å²) in [7, 11) is 1.00. The van der Waals surface area contributed by atoms with Crippen LogP contribution in [0.2, 0.25) is 0 Å². The molecule has 0 aromatic rings. The lowest BCUT2D eigenvalue weighted by Gasteiger charge is -2.05. The quantitative estimate of drug-likeness (QED) is 0.731. The molecule has 0 aliphatic carbocycles. The second-order valence-electron chi connectivity index (χ2n) is 6.64. The highest BCUT2D eigenvalue weighted by atomic mass is 16.4. The van der Waals surface area contributed by atoms with Gasteiger partial charge in [-0.25, -0.2) is 0 Å². The minimum Gasteiger partial charge on any atom is -0.481 e. The van der Waals surface area contributed by atoms with Crippen LogP contribution in [0, 0.1) is 11.3 Å². The summed E-state index contributed by atoms with van der Waals surface area (Å²) in [5, 5.41) is 15.5. The van der Waals surface area contributed by atoms with E-state index in [-0.39, 0.29) is 11.7 Å². The summed E-state index contributed by atoms with van der Waals surface area (Å²) >= 11 is 0. The van der Waals surface area contributed by atoms with E-state index in [0.29, 0.717) is 5.41 Å². The van der Waals surface area contributed by atoms with E-state index in [1.807, 2.05) is 0 Å². The highest BCUT2D eigenvalue weighted by molar-refractivity contribution is 5.72. The number of aliphatic hydroxyl groups is 1. The third kappa shape index (κ3) is 85.1. The maximum Gasteiger partial charge on any atom is 0.306 e. The number of carbonyl (C=O) groups excluding carboxylic acids is 1. The topological polar surface area (TPSA) is 74.6 Å². The number of Topliss-reactive ketones (excluding diaryl/α,β-unsaturated/α-hetero) is 1. The average Bonchev–Trinajstić information content (AvgIpc) is 2.28. The van der Waals surface area contributed by atoms with Gasteiger partial charge in [0.25, 0.3) is 0 Å². The van der Waals surface area contributed by atoms with E-state index >= 15 is 0 Å². The van der Waals surface area contributed by atoms with Gasteiger partial charge in [0.1, 0.15) is 5.78 Å². The number of ketones is 1. The number of carbonyl (C=O) groups is 2. The molecule has 2 N–H and O–H groups in total. The van der Waals surface area contributed by atoms with Crippen molar-refractivity contribution in [2.45, 2.75) is 81.1 Å². The lowest BCUT2D eigenvalue weighted by molar-refractivity contribution is -0.141. The summed E-state index contributed by atoms with van der Waals surface area (Å²) in [6.07, 6.45) is 4.18. The van der Waals surface area contributed by atoms with Gasteiger partial charge in [0.15, 0.2) is 0 Å². The van der Waals surface area contributed by atoms with Crippen molar-refractivity contribution >= 4 is 11.8 Å². The third-order valence-corrected chi connectivity index (χ3v) is 1.66. The molecule has 0 rings (SSSR count). The van der Waals surface area contributed by atoms with Crippen molar-refractivity contribution in [3.63, 3.8) is 0 Å². The molecule has 130 valence electrons. The summed E-state index contributed by atoms with van der Waals surface area (Å²) in [5.74, 6) is -0.664. The van der Waals surface area contributed by atoms with E-state index in [2.05, 4.69) is 34.6 Å². The molecule has 0 aliphatic heterocycles. The standard InChI is InChI=1S/C8H16O2.C5H12.C3H6O.CH4O/c1-3-4-5-6-7(2)8(9)10;1-5(2,3)4;1-3(2)4;1-2/h7H,3-6H2,1-2H3,(H,9,10);1-4H3;1-2H3;2H,1H3/t7-;;;/m0.../s1. The van der Waals surface area contributed by atoms with Crippen molar-refractivity contribution < 1.29 is 19.8 Å². The van der Waals surface area contributed by atoms with Gasteiger partial charge in [-0.3, -0.25) is 4.79 Å². The van der Waals surface area contributed by atoms with Gasteiger partial charge < -0.3 is 15.0 Å². The first-order valence-corrected chi connectivity index (χ1v) is 7.56. The monoisotopic (exact) mass is 306 g/mol. The normalized spacial score (nSPS) is 10.6. The van der Waals surface area contributed by atoms with E-state index in [1.54, 1.807) is 6.92 Å². The molecule has 0 amide bonds. The van der Waals surface area contributed by atoms with Crippen LogP contribution in [0.4, 0.5) is 0 Å². The molecule has 21 heavy (non-hydrogen) atoms. The predicted octanol–water partition coefficient (Wildman–Crippen LogP) is 4.54. The Morgan fingerprint density at radius 1 is 1.00 bits per heavy atom. The molecule has 4 nitrogen and oxygen atoms in total. The Morgan fingerprint density at radius 3 is 1.48 bits per heavy atom. The van der Waals surface area contributed by atoms with Gasteiger partial charge in [-0.05, 0) is 25.7 Å². The molecule has 0 aromatic carbocycles. The maximum absolute atomic E-state index is 10.3. The van der Waals surface area contributed by atoms with Crippen LogP contribution < -0.4 is 0 Å². The van der Waals surface area contributed by atoms with Crippen LogP contribution in [-0.4, -0.2) is 29.1 Å². The SMILES string of the molecule is CC(C)(C)C.CC(C)=O.CCCCC[C@H](C)C(=O)O.CO. The first-order chi connectivity index (χ1) is 9.41. The van der Waals surface area contributed by atoms with Crippen molar-refractivity contribution in [1.82, 2.24) is 0 Å². The Kier molecular flexibility index (Phi) is 25.7. The number of rotatable bonds is 5. The molecule has 0 fully saturated rings. The number of aliphatic hydroxyl groups excluding tert-OH is 1. The fourth-order valence-electron chi connectivity index (χ4n) is 0.824. The minimum atomic E-state index is -0.670. The summed E-state index contributed by atoms with van der Waals surface area (Å²) < 4.78 is 0. The van der Waals surface area contributed by atoms with E-state index in [1.165, 1.54) is 13.8 Å². The number of unbranched alkanes of at least 4 members (excludes halogenated alkanes) is 2. The minimum absolute atomic E-state index is 0.161. The predicted molar refractivity (Wildman–Crippen MR) is 90.6 cm³/mol. The number of aliphatic carboxylic acids is 1. The summed E-state index contributed by atoms with van der Waals surface area (Å²) in [5.41, 5.74) is 0.500. The van der Waals surface area contributed by atoms with E-state index < -0.39 is 5.97 Å². The molecular weight excluding hydrogens is 268 g/mol. The smallest absolute Gasteiger partial charge is 0.306 e. The molecular formula is C17H38O4. The Morgan fingerprint density at radius 2 is 1.29 bits per heavy atom. The van der Waals surface area contributed by atoms with Crippen LogP contribution in [0.25, 0.3) is 0 Å². The fraction of sp³-hybridized carbons (Fsp3) is 0.882. The largest absolute Gasteiger partial charge is 0.481 e. The van der Waals surface area contributed by atoms with Crippen LogP contribution in [0.1, 0.15) is 81.1 Å². The van der Waals surface area contributed by atoms with Crippen molar-refractivity contribution in [2.24, 2.45) is 11.3 Å². The van der Waals surface area contributed by atoms with Crippen LogP contribution in [-0.2, 0) is 9.59 Å². The highest BCUT2D eigenvalue weighted by Gasteiger charge is 2.08. The third-order valence-electron chi connectivity index (χ3n) is 1.66. The van der Waals surface area contributed by atoms with Crippen LogP contribution in [0.3, 0.4) is 0 Å². The van der Waals surface area contributed by atoms with Gasteiger partial charge in [0, 0.05) is 7.11 Å². The van der Waals surface area contributed by atoms with E-state index in [9.17, 15) is 9.59 Å². The number of carboxylic acid groups (broad SMARTS) is 1. The summed E-state index contributed by atoms with van der Waals surface area (Å²) in [6.45, 7) is 15.7. The van der Waals surface area contributed by atoms with Gasteiger partial charge >= 0.3 is 5.97 Å². The maximum atomic E-state index is 10.3. The molecule has 0 aromatic heterocycles. The van der Waals surface area contributed by atoms with Crippen molar-refractivity contribution in [3.05, 3.63) is 0 Å². The Labute approximate surface area is 132 Å². The average molecular weight is 306 g/mol. The van der Waals surface area contributed by atoms with Crippen LogP contribution in [0.15, 0.2) is 0 Å². The first kappa shape index (κ1) is 28.3. The number of hydrogen-bond donors (Lipinski definition) is 2. The summed E-state index contributed by atoms with van der Waals surface area (Å²) in [6, 6.07) is 0. The van der Waals surface area contributed by atoms with Gasteiger partial charge in [-0.15, -0.1) is 0 Å². The van der Waals surface area contributed by atoms with E-state index in [4.69, 9.17) is 10.2 Å². The van der Waals surface area contributed by atoms with Crippen molar-refractivity contribution in [1.29, 1.82) is 0 Å². The molecule has 0 aliphatic rings. The fourth-order valence-corrected chi connectivity index (χ4v) is 0.824. The number of hydrogen-bond acceptors (Lipinski definition) is 3. The van der Waals surface area contributed by atoms with Crippen molar-refractivity contribution in [2.75, 3.05) is 7.11 Å². The Bertz CT molecular complexity index is 219. The highest BCUT2D eigenvalue weighted by Crippen LogP contribution is 2.08. The first-order valence-electron chi connectivity index (χ1n) is 7.56. The molecule has 0 bridgehead atoms. The number of carboxylic acids is 1. The van der Waals surface area contributed by atoms with Gasteiger partial charge in [-0.2, -0.15) is 0 Å². The van der Waals surface area contributed by atoms with Gasteiger partial charge in [0.2, 0.25) is 0 Å². The van der Waals surface area contributed by atoms with Crippen molar-refractivity contribution in [3.8, 4) is 0 Å². The molecule has 0 saturated heterocycles. The van der Waals surface area contributed by atoms with Crippen LogP contribution in [0.5, 0.6) is 0 Å². The van der Waals surface area contributed by atoms with Crippen LogP contribution >= 0.6 is 0 Å². The lowest BCUT2D eigenvalue weighted by atomic mass is 10.0. The second kappa shape index (κ2) is 19.1. The zero-order chi connectivity index (χ0) is 18.1. The molecule has 0 radical (unpaired) electrons. The lowest BCUT2D eigenvalue weighted by Crippen LogP contribution is -2.08.